The molecule has 1 N–H and O–H groups in total. The van der Waals surface area contributed by atoms with Gasteiger partial charge in [-0.05, 0) is 149 Å². The first-order valence-corrected chi connectivity index (χ1v) is 25.4. The first-order valence-electron chi connectivity index (χ1n) is 25.4. The number of nitrogens with one attached hydrogen (secondary N) is 1. The van der Waals surface area contributed by atoms with Crippen molar-refractivity contribution in [2.45, 2.75) is 218 Å². The lowest BCUT2D eigenvalue weighted by Gasteiger charge is -2.42. The summed E-state index contributed by atoms with van der Waals surface area (Å²) < 4.78 is 14.4. The number of benzene rings is 1. The molecule has 1 atom stereocenters. The number of aliphatic imine (C=N–C) groups is 1. The van der Waals surface area contributed by atoms with Gasteiger partial charge in [0.05, 0.1) is 16.8 Å². The lowest BCUT2D eigenvalue weighted by atomic mass is 9.64. The normalized spacial score (nSPS) is 19.7. The molecular weight excluding hydrogens is 790 g/mol. The Bertz CT molecular complexity index is 1770. The first kappa shape index (κ1) is 58.2. The van der Waals surface area contributed by atoms with Crippen LogP contribution in [0.15, 0.2) is 89.1 Å². The molecule has 1 aromatic rings. The fourth-order valence-corrected chi connectivity index (χ4v) is 8.78. The number of amides is 1. The van der Waals surface area contributed by atoms with Crippen LogP contribution in [0.5, 0.6) is 0 Å². The molecule has 6 heteroatoms. The van der Waals surface area contributed by atoms with Gasteiger partial charge in [-0.3, -0.25) is 14.6 Å². The van der Waals surface area contributed by atoms with Crippen molar-refractivity contribution in [3.05, 3.63) is 95.3 Å². The van der Waals surface area contributed by atoms with Gasteiger partial charge < -0.3 is 10.2 Å². The number of allylic oxidation sites excluding steroid dienone is 8. The molecule has 1 aliphatic heterocycles. The molecule has 2 saturated carbocycles. The van der Waals surface area contributed by atoms with Gasteiger partial charge in [-0.15, -0.1) is 0 Å². The highest BCUT2D eigenvalue weighted by atomic mass is 19.1. The van der Waals surface area contributed by atoms with Crippen molar-refractivity contribution in [2.24, 2.45) is 28.2 Å². The SMILES string of the molecule is C=C/C(F)=C(\C=C/C)N/C(C)=C(C)/C(=C\C(=C)c1ccc2c(c1)N(C1CC(CC)C1)C(=O)C2(CCC)CCC)N=CCC.CC(C)C.CCC(C)C(C)=O.CCCCC1(CC)CCC1. The molecule has 1 aromatic carbocycles. The van der Waals surface area contributed by atoms with E-state index in [4.69, 9.17) is 4.99 Å². The van der Waals surface area contributed by atoms with Gasteiger partial charge in [-0.2, -0.15) is 0 Å². The Morgan fingerprint density at radius 1 is 0.969 bits per heavy atom. The van der Waals surface area contributed by atoms with Gasteiger partial charge in [0.25, 0.3) is 0 Å². The number of Topliss-reactive ketones (excluding diaryl/α,β-unsaturated/α-hetero) is 1. The molecule has 0 radical (unpaired) electrons. The summed E-state index contributed by atoms with van der Waals surface area (Å²) in [5.74, 6) is 1.95. The van der Waals surface area contributed by atoms with Crippen molar-refractivity contribution in [1.29, 1.82) is 0 Å². The third-order valence-electron chi connectivity index (χ3n) is 13.6. The molecule has 1 heterocycles. The number of hydrogen-bond donors (Lipinski definition) is 1. The van der Waals surface area contributed by atoms with Crippen LogP contribution in [0.3, 0.4) is 0 Å². The van der Waals surface area contributed by atoms with Crippen molar-refractivity contribution >= 4 is 29.2 Å². The lowest BCUT2D eigenvalue weighted by molar-refractivity contribution is -0.125. The molecule has 3 aliphatic rings. The Kier molecular flexibility index (Phi) is 27.0. The van der Waals surface area contributed by atoms with Crippen LogP contribution < -0.4 is 10.2 Å². The standard InChI is InChI=1S/C38H52FN3O.C10H20.C6H12O.C4H10/c1-10-16-34(33(39)15-6)41-28(9)27(8)35(40-21-13-4)22-26(7)30-17-18-32-36(25-30)42(31-23-29(14-5)24-31)37(43)38(32,19-11-2)20-12-3;1-3-5-7-10(4-2)8-6-9-10;1-4-5(2)6(3)7;1-4(2)3/h10,15-18,21-22,25,29,31,41H,6-7,11-14,19-20,23-24H2,1-5,8-9H3;3-9H2,1-2H3;5H,4H2,1-3H3;4H,1-3H3/b16-10-,28-27+,34-33-,35-22+,40-21?;;;. The number of carbonyl (C=O) groups excluding carboxylic acids is 2. The maximum atomic E-state index is 14.4. The summed E-state index contributed by atoms with van der Waals surface area (Å²) >= 11 is 0. The summed E-state index contributed by atoms with van der Waals surface area (Å²) in [6, 6.07) is 6.74. The summed E-state index contributed by atoms with van der Waals surface area (Å²) in [7, 11) is 0. The van der Waals surface area contributed by atoms with Crippen LogP contribution in [-0.2, 0) is 15.0 Å². The molecule has 64 heavy (non-hydrogen) atoms. The Labute approximate surface area is 393 Å². The fourth-order valence-electron chi connectivity index (χ4n) is 8.78. The highest BCUT2D eigenvalue weighted by Crippen LogP contribution is 2.52. The molecule has 0 aromatic heterocycles. The maximum absolute atomic E-state index is 14.4. The predicted molar refractivity (Wildman–Crippen MR) is 280 cm³/mol. The van der Waals surface area contributed by atoms with Crippen molar-refractivity contribution in [3.63, 3.8) is 0 Å². The number of halogens is 1. The van der Waals surface area contributed by atoms with E-state index in [1.54, 1.807) is 19.1 Å². The summed E-state index contributed by atoms with van der Waals surface area (Å²) in [6.07, 6.45) is 27.5. The van der Waals surface area contributed by atoms with Crippen LogP contribution in [-0.4, -0.2) is 23.9 Å². The number of fused-ring (bicyclic) bond motifs is 1. The van der Waals surface area contributed by atoms with Crippen LogP contribution in [0.1, 0.15) is 218 Å². The minimum absolute atomic E-state index is 0.264. The number of unbranched alkanes of at least 4 members (excludes halogenated alkanes) is 1. The van der Waals surface area contributed by atoms with E-state index in [2.05, 4.69) is 97.0 Å². The van der Waals surface area contributed by atoms with Crippen molar-refractivity contribution in [2.75, 3.05) is 4.90 Å². The number of rotatable bonds is 21. The maximum Gasteiger partial charge on any atom is 0.237 e. The Balaban J connectivity index is 0.000000795. The first-order chi connectivity index (χ1) is 30.4. The van der Waals surface area contributed by atoms with Gasteiger partial charge >= 0.3 is 0 Å². The molecule has 1 unspecified atom stereocenters. The summed E-state index contributed by atoms with van der Waals surface area (Å²) in [6.45, 7) is 39.1. The second-order valence-corrected chi connectivity index (χ2v) is 19.5. The van der Waals surface area contributed by atoms with Gasteiger partial charge in [0.15, 0.2) is 0 Å². The van der Waals surface area contributed by atoms with E-state index >= 15 is 0 Å². The number of nitrogens with zero attached hydrogens (tertiary/aromatic N) is 2. The average molecular weight is 884 g/mol. The van der Waals surface area contributed by atoms with Crippen LogP contribution in [0, 0.1) is 23.2 Å². The zero-order valence-electron chi connectivity index (χ0n) is 43.7. The molecule has 1 amide bonds. The van der Waals surface area contributed by atoms with E-state index in [-0.39, 0.29) is 17.9 Å². The number of anilines is 1. The molecule has 0 spiro atoms. The topological polar surface area (TPSA) is 61.8 Å². The molecule has 5 nitrogen and oxygen atoms in total. The second-order valence-electron chi connectivity index (χ2n) is 19.5. The number of ketones is 1. The summed E-state index contributed by atoms with van der Waals surface area (Å²) in [5, 5.41) is 3.19. The molecule has 2 aliphatic carbocycles. The molecule has 2 fully saturated rings. The zero-order chi connectivity index (χ0) is 48.6. The minimum atomic E-state index is -0.441. The van der Waals surface area contributed by atoms with E-state index in [1.165, 1.54) is 56.6 Å². The summed E-state index contributed by atoms with van der Waals surface area (Å²) in [4.78, 5) is 31.5. The van der Waals surface area contributed by atoms with Crippen LogP contribution >= 0.6 is 0 Å². The molecule has 0 saturated heterocycles. The van der Waals surface area contributed by atoms with Gasteiger partial charge in [-0.1, -0.05) is 152 Å². The van der Waals surface area contributed by atoms with E-state index in [0.29, 0.717) is 17.4 Å². The Morgan fingerprint density at radius 3 is 2.00 bits per heavy atom. The second kappa shape index (κ2) is 29.7. The van der Waals surface area contributed by atoms with Crippen molar-refractivity contribution < 1.29 is 14.0 Å². The van der Waals surface area contributed by atoms with E-state index in [1.807, 2.05) is 53.8 Å². The molecular formula is C58H94FN3O2. The van der Waals surface area contributed by atoms with E-state index in [0.717, 1.165) is 103 Å². The third kappa shape index (κ3) is 16.9. The van der Waals surface area contributed by atoms with Crippen LogP contribution in [0.25, 0.3) is 5.57 Å². The van der Waals surface area contributed by atoms with Crippen molar-refractivity contribution in [3.8, 4) is 0 Å². The van der Waals surface area contributed by atoms with Gasteiger partial charge in [0.1, 0.15) is 11.6 Å². The Hall–Kier alpha value is -3.80. The van der Waals surface area contributed by atoms with Crippen LogP contribution in [0.2, 0.25) is 0 Å². The van der Waals surface area contributed by atoms with Crippen molar-refractivity contribution in [1.82, 2.24) is 5.32 Å². The fraction of sp³-hybridized carbons (Fsp3) is 0.638. The van der Waals surface area contributed by atoms with E-state index < -0.39 is 11.2 Å². The van der Waals surface area contributed by atoms with Gasteiger partial charge in [-0.25, -0.2) is 4.39 Å². The Morgan fingerprint density at radius 2 is 1.58 bits per heavy atom. The predicted octanol–water partition coefficient (Wildman–Crippen LogP) is 17.3. The number of hydrogen-bond acceptors (Lipinski definition) is 4. The van der Waals surface area contributed by atoms with E-state index in [9.17, 15) is 14.0 Å². The van der Waals surface area contributed by atoms with Crippen LogP contribution in [0.4, 0.5) is 10.1 Å². The quantitative estimate of drug-likeness (QED) is 0.0988. The minimum Gasteiger partial charge on any atom is -0.356 e. The smallest absolute Gasteiger partial charge is 0.237 e. The highest BCUT2D eigenvalue weighted by Gasteiger charge is 2.53. The molecule has 360 valence electrons. The average Bonchev–Trinajstić information content (AvgIpc) is 3.46. The van der Waals surface area contributed by atoms with Gasteiger partial charge in [0, 0.05) is 29.6 Å². The molecule has 4 rings (SSSR count). The molecule has 0 bridgehead atoms. The largest absolute Gasteiger partial charge is 0.356 e. The monoisotopic (exact) mass is 884 g/mol. The zero-order valence-corrected chi connectivity index (χ0v) is 43.7. The highest BCUT2D eigenvalue weighted by molar-refractivity contribution is 6.09. The lowest BCUT2D eigenvalue weighted by Crippen LogP contribution is -2.50. The summed E-state index contributed by atoms with van der Waals surface area (Å²) in [5.41, 5.74) is 7.16. The number of carbonyl (C=O) groups is 2. The third-order valence-corrected chi connectivity index (χ3v) is 13.6. The van der Waals surface area contributed by atoms with Gasteiger partial charge in [0.2, 0.25) is 5.91 Å².